The quantitative estimate of drug-likeness (QED) is 0.831. The van der Waals surface area contributed by atoms with E-state index >= 15 is 0 Å². The van der Waals surface area contributed by atoms with Crippen LogP contribution in [0.15, 0.2) is 36.4 Å². The van der Waals surface area contributed by atoms with Crippen LogP contribution >= 0.6 is 34.8 Å². The topological polar surface area (TPSA) is 35.2 Å². The molecule has 0 saturated carbocycles. The van der Waals surface area contributed by atoms with Crippen molar-refractivity contribution in [2.75, 3.05) is 0 Å². The number of benzene rings is 2. The zero-order valence-corrected chi connectivity index (χ0v) is 13.1. The molecule has 0 radical (unpaired) electrons. The molecule has 1 atom stereocenters. The molecular formula is C15H14Cl3NO. The summed E-state index contributed by atoms with van der Waals surface area (Å²) in [6.07, 6.45) is 0. The SMILES string of the molecule is C[C@@H](N)c1cc(Cl)ccc1OCc1cccc(Cl)c1Cl. The molecule has 2 rings (SSSR count). The van der Waals surface area contributed by atoms with Crippen LogP contribution in [-0.2, 0) is 6.61 Å². The van der Waals surface area contributed by atoms with E-state index in [2.05, 4.69) is 0 Å². The molecule has 0 amide bonds. The lowest BCUT2D eigenvalue weighted by molar-refractivity contribution is 0.301. The summed E-state index contributed by atoms with van der Waals surface area (Å²) < 4.78 is 5.79. The summed E-state index contributed by atoms with van der Waals surface area (Å²) in [6.45, 7) is 2.20. The highest BCUT2D eigenvalue weighted by Crippen LogP contribution is 2.30. The van der Waals surface area contributed by atoms with Gasteiger partial charge < -0.3 is 10.5 Å². The maximum Gasteiger partial charge on any atom is 0.124 e. The maximum atomic E-state index is 6.13. The summed E-state index contributed by atoms with van der Waals surface area (Å²) in [5.74, 6) is 0.695. The second kappa shape index (κ2) is 6.68. The number of halogens is 3. The number of nitrogens with two attached hydrogens (primary N) is 1. The first-order valence-electron chi connectivity index (χ1n) is 6.09. The second-order valence-electron chi connectivity index (χ2n) is 4.47. The fourth-order valence-electron chi connectivity index (χ4n) is 1.82. The zero-order valence-electron chi connectivity index (χ0n) is 10.9. The molecule has 5 heteroatoms. The Morgan fingerprint density at radius 3 is 2.60 bits per heavy atom. The number of ether oxygens (including phenoxy) is 1. The van der Waals surface area contributed by atoms with Crippen molar-refractivity contribution < 1.29 is 4.74 Å². The predicted molar refractivity (Wildman–Crippen MR) is 84.8 cm³/mol. The summed E-state index contributed by atoms with van der Waals surface area (Å²) in [5, 5.41) is 1.65. The van der Waals surface area contributed by atoms with Gasteiger partial charge in [-0.3, -0.25) is 0 Å². The lowest BCUT2D eigenvalue weighted by atomic mass is 10.1. The molecule has 2 aromatic rings. The summed E-state index contributed by atoms with van der Waals surface area (Å²) >= 11 is 18.1. The second-order valence-corrected chi connectivity index (χ2v) is 5.69. The summed E-state index contributed by atoms with van der Waals surface area (Å²) in [7, 11) is 0. The average molecular weight is 331 g/mol. The maximum absolute atomic E-state index is 6.13. The average Bonchev–Trinajstić information content (AvgIpc) is 2.41. The van der Waals surface area contributed by atoms with Crippen LogP contribution in [0.2, 0.25) is 15.1 Å². The molecule has 0 unspecified atom stereocenters. The normalized spacial score (nSPS) is 12.2. The Hall–Kier alpha value is -0.930. The van der Waals surface area contributed by atoms with Crippen molar-refractivity contribution in [2.24, 2.45) is 5.73 Å². The number of hydrogen-bond acceptors (Lipinski definition) is 2. The van der Waals surface area contributed by atoms with Gasteiger partial charge in [0.25, 0.3) is 0 Å². The molecule has 0 spiro atoms. The lowest BCUT2D eigenvalue weighted by Gasteiger charge is -2.15. The Bertz CT molecular complexity index is 614. The van der Waals surface area contributed by atoms with E-state index in [0.29, 0.717) is 27.4 Å². The molecule has 0 aliphatic rings. The Labute approximate surface area is 133 Å². The van der Waals surface area contributed by atoms with Gasteiger partial charge in [-0.05, 0) is 31.2 Å². The first kappa shape index (κ1) is 15.5. The van der Waals surface area contributed by atoms with E-state index in [1.807, 2.05) is 19.1 Å². The van der Waals surface area contributed by atoms with Gasteiger partial charge in [0, 0.05) is 22.2 Å². The zero-order chi connectivity index (χ0) is 14.7. The van der Waals surface area contributed by atoms with Crippen molar-refractivity contribution in [2.45, 2.75) is 19.6 Å². The predicted octanol–water partition coefficient (Wildman–Crippen LogP) is 5.25. The third-order valence-corrected chi connectivity index (χ3v) is 3.97. The molecule has 20 heavy (non-hydrogen) atoms. The van der Waals surface area contributed by atoms with Crippen LogP contribution in [0.1, 0.15) is 24.1 Å². The van der Waals surface area contributed by atoms with Gasteiger partial charge in [-0.25, -0.2) is 0 Å². The molecule has 0 bridgehead atoms. The number of rotatable bonds is 4. The van der Waals surface area contributed by atoms with Crippen LogP contribution in [0.5, 0.6) is 5.75 Å². The van der Waals surface area contributed by atoms with Crippen LogP contribution in [0.25, 0.3) is 0 Å². The highest BCUT2D eigenvalue weighted by atomic mass is 35.5. The fourth-order valence-corrected chi connectivity index (χ4v) is 2.38. The van der Waals surface area contributed by atoms with Crippen LogP contribution in [0.3, 0.4) is 0 Å². The van der Waals surface area contributed by atoms with Crippen molar-refractivity contribution in [1.29, 1.82) is 0 Å². The molecule has 0 aliphatic heterocycles. The Balaban J connectivity index is 2.21. The minimum absolute atomic E-state index is 0.168. The van der Waals surface area contributed by atoms with Gasteiger partial charge in [0.1, 0.15) is 12.4 Å². The van der Waals surface area contributed by atoms with Crippen LogP contribution < -0.4 is 10.5 Å². The molecule has 2 N–H and O–H groups in total. The Kier molecular flexibility index (Phi) is 5.17. The van der Waals surface area contributed by atoms with E-state index in [9.17, 15) is 0 Å². The van der Waals surface area contributed by atoms with Gasteiger partial charge in [0.15, 0.2) is 0 Å². The molecule has 0 heterocycles. The smallest absolute Gasteiger partial charge is 0.124 e. The summed E-state index contributed by atoms with van der Waals surface area (Å²) in [6, 6.07) is 10.7. The first-order valence-corrected chi connectivity index (χ1v) is 7.23. The van der Waals surface area contributed by atoms with Crippen LogP contribution in [-0.4, -0.2) is 0 Å². The molecule has 2 nitrogen and oxygen atoms in total. The molecular weight excluding hydrogens is 317 g/mol. The van der Waals surface area contributed by atoms with E-state index in [4.69, 9.17) is 45.3 Å². The van der Waals surface area contributed by atoms with Gasteiger partial charge >= 0.3 is 0 Å². The van der Waals surface area contributed by atoms with Crippen molar-refractivity contribution in [1.82, 2.24) is 0 Å². The lowest BCUT2D eigenvalue weighted by Crippen LogP contribution is -2.08. The number of hydrogen-bond donors (Lipinski definition) is 1. The van der Waals surface area contributed by atoms with Crippen molar-refractivity contribution >= 4 is 34.8 Å². The van der Waals surface area contributed by atoms with Gasteiger partial charge in [-0.15, -0.1) is 0 Å². The van der Waals surface area contributed by atoms with Gasteiger partial charge in [-0.1, -0.05) is 46.9 Å². The molecule has 2 aromatic carbocycles. The summed E-state index contributed by atoms with van der Waals surface area (Å²) in [4.78, 5) is 0. The standard InChI is InChI=1S/C15H14Cl3NO/c1-9(19)12-7-11(16)5-6-14(12)20-8-10-3-2-4-13(17)15(10)18/h2-7,9H,8,19H2,1H3/t9-/m1/s1. The minimum Gasteiger partial charge on any atom is -0.489 e. The van der Waals surface area contributed by atoms with Crippen molar-refractivity contribution in [3.8, 4) is 5.75 Å². The monoisotopic (exact) mass is 329 g/mol. The Morgan fingerprint density at radius 1 is 1.15 bits per heavy atom. The molecule has 0 saturated heterocycles. The molecule has 106 valence electrons. The molecule has 0 aliphatic carbocycles. The third kappa shape index (κ3) is 3.58. The minimum atomic E-state index is -0.168. The van der Waals surface area contributed by atoms with Gasteiger partial charge in [-0.2, -0.15) is 0 Å². The molecule has 0 aromatic heterocycles. The van der Waals surface area contributed by atoms with Gasteiger partial charge in [0.2, 0.25) is 0 Å². The molecule has 0 fully saturated rings. The van der Waals surface area contributed by atoms with Crippen LogP contribution in [0.4, 0.5) is 0 Å². The first-order chi connectivity index (χ1) is 9.49. The van der Waals surface area contributed by atoms with E-state index < -0.39 is 0 Å². The van der Waals surface area contributed by atoms with Crippen LogP contribution in [0, 0.1) is 0 Å². The van der Waals surface area contributed by atoms with E-state index in [1.54, 1.807) is 24.3 Å². The van der Waals surface area contributed by atoms with E-state index in [1.165, 1.54) is 0 Å². The van der Waals surface area contributed by atoms with E-state index in [-0.39, 0.29) is 6.04 Å². The van der Waals surface area contributed by atoms with Gasteiger partial charge in [0.05, 0.1) is 10.0 Å². The largest absolute Gasteiger partial charge is 0.489 e. The highest BCUT2D eigenvalue weighted by Gasteiger charge is 2.11. The Morgan fingerprint density at radius 2 is 1.90 bits per heavy atom. The van der Waals surface area contributed by atoms with E-state index in [0.717, 1.165) is 11.1 Å². The summed E-state index contributed by atoms with van der Waals surface area (Å²) in [5.41, 5.74) is 7.60. The van der Waals surface area contributed by atoms with Crippen molar-refractivity contribution in [3.63, 3.8) is 0 Å². The fraction of sp³-hybridized carbons (Fsp3) is 0.200. The third-order valence-electron chi connectivity index (χ3n) is 2.88. The highest BCUT2D eigenvalue weighted by molar-refractivity contribution is 6.42. The van der Waals surface area contributed by atoms with Crippen molar-refractivity contribution in [3.05, 3.63) is 62.6 Å².